The van der Waals surface area contributed by atoms with E-state index in [0.717, 1.165) is 0 Å². The molecular weight excluding hydrogens is 291 g/mol. The van der Waals surface area contributed by atoms with Gasteiger partial charge >= 0.3 is 0 Å². The molecule has 2 rings (SSSR count). The van der Waals surface area contributed by atoms with E-state index in [-0.39, 0.29) is 12.3 Å². The molecule has 1 aromatic carbocycles. The summed E-state index contributed by atoms with van der Waals surface area (Å²) in [5, 5.41) is 11.4. The number of nitrogens with zero attached hydrogens (tertiary/aromatic N) is 2. The van der Waals surface area contributed by atoms with Crippen molar-refractivity contribution in [3.8, 4) is 5.75 Å². The van der Waals surface area contributed by atoms with E-state index in [2.05, 4.69) is 4.98 Å². The lowest BCUT2D eigenvalue weighted by Gasteiger charge is -2.07. The summed E-state index contributed by atoms with van der Waals surface area (Å²) in [6.45, 7) is 0.0839. The maximum absolute atomic E-state index is 10.6. The molecule has 0 saturated heterocycles. The van der Waals surface area contributed by atoms with Crippen LogP contribution < -0.4 is 4.74 Å². The Kier molecular flexibility index (Phi) is 4.19. The van der Waals surface area contributed by atoms with Crippen molar-refractivity contribution < 1.29 is 9.66 Å². The standard InChI is InChI=1S/C12H8Cl2N2O3/c13-10-4-5-12(14)15-11(10)7-19-9-3-1-2-8(6-9)16(17)18/h1-6H,7H2. The van der Waals surface area contributed by atoms with Gasteiger partial charge in [-0.25, -0.2) is 4.98 Å². The second kappa shape index (κ2) is 5.86. The SMILES string of the molecule is O=[N+]([O-])c1cccc(OCc2nc(Cl)ccc2Cl)c1. The van der Waals surface area contributed by atoms with Crippen molar-refractivity contribution in [2.75, 3.05) is 0 Å². The molecule has 0 aliphatic rings. The van der Waals surface area contributed by atoms with E-state index in [0.29, 0.717) is 21.6 Å². The molecule has 1 aromatic heterocycles. The number of hydrogen-bond donors (Lipinski definition) is 0. The van der Waals surface area contributed by atoms with Crippen molar-refractivity contribution in [2.24, 2.45) is 0 Å². The maximum Gasteiger partial charge on any atom is 0.273 e. The first-order chi connectivity index (χ1) is 9.06. The highest BCUT2D eigenvalue weighted by atomic mass is 35.5. The number of non-ortho nitro benzene ring substituents is 1. The van der Waals surface area contributed by atoms with Crippen LogP contribution in [0, 0.1) is 10.1 Å². The number of nitro benzene ring substituents is 1. The molecule has 0 spiro atoms. The third kappa shape index (κ3) is 3.56. The predicted octanol–water partition coefficient (Wildman–Crippen LogP) is 3.88. The second-order valence-corrected chi connectivity index (χ2v) is 4.40. The minimum absolute atomic E-state index is 0.0392. The Hall–Kier alpha value is -1.85. The van der Waals surface area contributed by atoms with Gasteiger partial charge in [0.15, 0.2) is 0 Å². The van der Waals surface area contributed by atoms with E-state index in [1.165, 1.54) is 12.1 Å². The van der Waals surface area contributed by atoms with Crippen LogP contribution in [0.15, 0.2) is 36.4 Å². The van der Waals surface area contributed by atoms with Crippen molar-refractivity contribution in [2.45, 2.75) is 6.61 Å². The third-order valence-corrected chi connectivity index (χ3v) is 2.84. The molecule has 0 atom stereocenters. The van der Waals surface area contributed by atoms with Crippen LogP contribution in [-0.4, -0.2) is 9.91 Å². The quantitative estimate of drug-likeness (QED) is 0.488. The molecule has 0 aliphatic heterocycles. The smallest absolute Gasteiger partial charge is 0.273 e. The zero-order valence-electron chi connectivity index (χ0n) is 9.55. The van der Waals surface area contributed by atoms with Gasteiger partial charge in [0, 0.05) is 6.07 Å². The summed E-state index contributed by atoms with van der Waals surface area (Å²) < 4.78 is 5.41. The number of nitro groups is 1. The number of halogens is 2. The molecule has 2 aromatic rings. The van der Waals surface area contributed by atoms with E-state index in [9.17, 15) is 10.1 Å². The van der Waals surface area contributed by atoms with Gasteiger partial charge in [0.1, 0.15) is 17.5 Å². The molecular formula is C12H8Cl2N2O3. The number of benzene rings is 1. The summed E-state index contributed by atoms with van der Waals surface area (Å²) in [6.07, 6.45) is 0. The number of pyridine rings is 1. The summed E-state index contributed by atoms with van der Waals surface area (Å²) in [7, 11) is 0. The molecule has 0 unspecified atom stereocenters. The van der Waals surface area contributed by atoms with Crippen LogP contribution in [0.5, 0.6) is 5.75 Å². The van der Waals surface area contributed by atoms with Crippen molar-refractivity contribution in [1.82, 2.24) is 4.98 Å². The molecule has 19 heavy (non-hydrogen) atoms. The van der Waals surface area contributed by atoms with Gasteiger partial charge in [-0.2, -0.15) is 0 Å². The molecule has 0 fully saturated rings. The second-order valence-electron chi connectivity index (χ2n) is 3.61. The fraction of sp³-hybridized carbons (Fsp3) is 0.0833. The van der Waals surface area contributed by atoms with Gasteiger partial charge in [0.2, 0.25) is 0 Å². The zero-order chi connectivity index (χ0) is 13.8. The molecule has 0 aliphatic carbocycles. The number of aromatic nitrogens is 1. The molecule has 0 radical (unpaired) electrons. The van der Waals surface area contributed by atoms with Gasteiger partial charge < -0.3 is 4.74 Å². The Morgan fingerprint density at radius 2 is 2.05 bits per heavy atom. The van der Waals surface area contributed by atoms with Gasteiger partial charge in [0.25, 0.3) is 5.69 Å². The Morgan fingerprint density at radius 1 is 1.26 bits per heavy atom. The van der Waals surface area contributed by atoms with Crippen LogP contribution in [0.1, 0.15) is 5.69 Å². The molecule has 0 amide bonds. The Morgan fingerprint density at radius 3 is 2.79 bits per heavy atom. The number of rotatable bonds is 4. The molecule has 0 N–H and O–H groups in total. The summed E-state index contributed by atoms with van der Waals surface area (Å²) in [5.74, 6) is 0.368. The van der Waals surface area contributed by atoms with Crippen molar-refractivity contribution in [3.05, 3.63) is 62.4 Å². The maximum atomic E-state index is 10.6. The molecule has 0 bridgehead atoms. The van der Waals surface area contributed by atoms with Crippen LogP contribution in [0.3, 0.4) is 0 Å². The fourth-order valence-corrected chi connectivity index (χ4v) is 1.72. The summed E-state index contributed by atoms with van der Waals surface area (Å²) in [4.78, 5) is 14.2. The van der Waals surface area contributed by atoms with E-state index in [1.807, 2.05) is 0 Å². The predicted molar refractivity (Wildman–Crippen MR) is 71.7 cm³/mol. The number of ether oxygens (including phenoxy) is 1. The summed E-state index contributed by atoms with van der Waals surface area (Å²) in [6, 6.07) is 9.06. The monoisotopic (exact) mass is 298 g/mol. The van der Waals surface area contributed by atoms with Crippen LogP contribution in [0.25, 0.3) is 0 Å². The first-order valence-corrected chi connectivity index (χ1v) is 6.00. The van der Waals surface area contributed by atoms with Gasteiger partial charge in [-0.05, 0) is 18.2 Å². The van der Waals surface area contributed by atoms with Crippen molar-refractivity contribution >= 4 is 28.9 Å². The van der Waals surface area contributed by atoms with Crippen molar-refractivity contribution in [1.29, 1.82) is 0 Å². The average molecular weight is 299 g/mol. The highest BCUT2D eigenvalue weighted by Gasteiger charge is 2.08. The molecule has 0 saturated carbocycles. The Balaban J connectivity index is 2.12. The molecule has 7 heteroatoms. The van der Waals surface area contributed by atoms with E-state index >= 15 is 0 Å². The fourth-order valence-electron chi connectivity index (χ4n) is 1.40. The summed E-state index contributed by atoms with van der Waals surface area (Å²) >= 11 is 11.7. The Labute approximate surface area is 118 Å². The van der Waals surface area contributed by atoms with Gasteiger partial charge in [0.05, 0.1) is 21.7 Å². The van der Waals surface area contributed by atoms with Gasteiger partial charge in [-0.1, -0.05) is 29.3 Å². The van der Waals surface area contributed by atoms with Crippen LogP contribution >= 0.6 is 23.2 Å². The highest BCUT2D eigenvalue weighted by molar-refractivity contribution is 6.32. The lowest BCUT2D eigenvalue weighted by Crippen LogP contribution is -2.00. The van der Waals surface area contributed by atoms with Crippen LogP contribution in [0.2, 0.25) is 10.2 Å². The van der Waals surface area contributed by atoms with Gasteiger partial charge in [-0.15, -0.1) is 0 Å². The van der Waals surface area contributed by atoms with Crippen molar-refractivity contribution in [3.63, 3.8) is 0 Å². The van der Waals surface area contributed by atoms with Crippen LogP contribution in [0.4, 0.5) is 5.69 Å². The summed E-state index contributed by atoms with van der Waals surface area (Å²) in [5.41, 5.74) is 0.434. The lowest BCUT2D eigenvalue weighted by atomic mass is 10.3. The average Bonchev–Trinajstić information content (AvgIpc) is 2.40. The normalized spacial score (nSPS) is 10.2. The minimum atomic E-state index is -0.489. The third-order valence-electron chi connectivity index (χ3n) is 2.29. The molecule has 5 nitrogen and oxygen atoms in total. The first kappa shape index (κ1) is 13.6. The minimum Gasteiger partial charge on any atom is -0.487 e. The molecule has 98 valence electrons. The van der Waals surface area contributed by atoms with E-state index < -0.39 is 4.92 Å². The molecule has 1 heterocycles. The van der Waals surface area contributed by atoms with Crippen LogP contribution in [-0.2, 0) is 6.61 Å². The largest absolute Gasteiger partial charge is 0.487 e. The first-order valence-electron chi connectivity index (χ1n) is 5.24. The van der Waals surface area contributed by atoms with E-state index in [4.69, 9.17) is 27.9 Å². The lowest BCUT2D eigenvalue weighted by molar-refractivity contribution is -0.384. The van der Waals surface area contributed by atoms with E-state index in [1.54, 1.807) is 24.3 Å². The highest BCUT2D eigenvalue weighted by Crippen LogP contribution is 2.22. The number of hydrogen-bond acceptors (Lipinski definition) is 4. The Bertz CT molecular complexity index is 620. The topological polar surface area (TPSA) is 65.3 Å². The van der Waals surface area contributed by atoms with Gasteiger partial charge in [-0.3, -0.25) is 10.1 Å². The zero-order valence-corrected chi connectivity index (χ0v) is 11.1.